The van der Waals surface area contributed by atoms with Crippen molar-refractivity contribution in [1.29, 1.82) is 0 Å². The summed E-state index contributed by atoms with van der Waals surface area (Å²) in [6, 6.07) is 11.6. The van der Waals surface area contributed by atoms with Crippen LogP contribution in [0.4, 0.5) is 13.2 Å². The van der Waals surface area contributed by atoms with Crippen LogP contribution in [-0.4, -0.2) is 0 Å². The highest BCUT2D eigenvalue weighted by atomic mass is 19.4. The van der Waals surface area contributed by atoms with Crippen molar-refractivity contribution in [1.82, 2.24) is 0 Å². The van der Waals surface area contributed by atoms with Gasteiger partial charge in [-0.25, -0.2) is 0 Å². The predicted octanol–water partition coefficient (Wildman–Crippen LogP) is 8.52. The molecule has 0 saturated heterocycles. The normalized spacial score (nSPS) is 22.4. The van der Waals surface area contributed by atoms with Crippen molar-refractivity contribution in [3.63, 3.8) is 0 Å². The molecule has 1 saturated carbocycles. The summed E-state index contributed by atoms with van der Waals surface area (Å²) in [6.07, 6.45) is 9.03. The van der Waals surface area contributed by atoms with Crippen LogP contribution < -0.4 is 0 Å². The van der Waals surface area contributed by atoms with Crippen LogP contribution in [-0.2, 0) is 12.6 Å². The maximum Gasteiger partial charge on any atom is 0.416 e. The van der Waals surface area contributed by atoms with Crippen molar-refractivity contribution in [2.24, 2.45) is 11.8 Å². The largest absolute Gasteiger partial charge is 0.416 e. The summed E-state index contributed by atoms with van der Waals surface area (Å²) in [6.45, 7) is 2.27. The molecule has 32 heavy (non-hydrogen) atoms. The molecule has 0 heterocycles. The summed E-state index contributed by atoms with van der Waals surface area (Å²) in [5.74, 6) is 8.62. The molecule has 0 nitrogen and oxygen atoms in total. The molecule has 2 aliphatic carbocycles. The van der Waals surface area contributed by atoms with Crippen LogP contribution in [0.1, 0.15) is 98.4 Å². The maximum atomic E-state index is 12.7. The van der Waals surface area contributed by atoms with Gasteiger partial charge in [0, 0.05) is 11.1 Å². The van der Waals surface area contributed by atoms with Crippen molar-refractivity contribution < 1.29 is 13.2 Å². The first-order valence-corrected chi connectivity index (χ1v) is 12.3. The van der Waals surface area contributed by atoms with Crippen LogP contribution in [0, 0.1) is 23.7 Å². The second kappa shape index (κ2) is 10.2. The van der Waals surface area contributed by atoms with Gasteiger partial charge in [-0.05, 0) is 97.4 Å². The number of unbranched alkanes of at least 4 members (excludes halogenated alkanes) is 3. The van der Waals surface area contributed by atoms with Crippen molar-refractivity contribution in [3.8, 4) is 11.8 Å². The van der Waals surface area contributed by atoms with Crippen LogP contribution in [0.25, 0.3) is 0 Å². The molecule has 170 valence electrons. The van der Waals surface area contributed by atoms with Gasteiger partial charge in [0.05, 0.1) is 5.56 Å². The van der Waals surface area contributed by atoms with Crippen molar-refractivity contribution in [2.75, 3.05) is 0 Å². The van der Waals surface area contributed by atoms with Gasteiger partial charge < -0.3 is 0 Å². The van der Waals surface area contributed by atoms with Gasteiger partial charge in [-0.1, -0.05) is 56.9 Å². The minimum absolute atomic E-state index is 0.605. The number of hydrogen-bond acceptors (Lipinski definition) is 0. The van der Waals surface area contributed by atoms with E-state index in [0.717, 1.165) is 36.0 Å². The van der Waals surface area contributed by atoms with Gasteiger partial charge in [-0.2, -0.15) is 13.2 Å². The smallest absolute Gasteiger partial charge is 0.166 e. The Morgan fingerprint density at radius 1 is 0.875 bits per heavy atom. The quantitative estimate of drug-likeness (QED) is 0.324. The van der Waals surface area contributed by atoms with Gasteiger partial charge in [0.15, 0.2) is 0 Å². The molecular weight excluding hydrogens is 405 g/mol. The Balaban J connectivity index is 1.39. The van der Waals surface area contributed by atoms with E-state index < -0.39 is 11.7 Å². The molecular formula is C29H33F3. The molecule has 0 aromatic heterocycles. The van der Waals surface area contributed by atoms with E-state index in [1.807, 2.05) is 0 Å². The summed E-state index contributed by atoms with van der Waals surface area (Å²) < 4.78 is 38.2. The number of fused-ring (bicyclic) bond motifs is 3. The van der Waals surface area contributed by atoms with Crippen LogP contribution in [0.3, 0.4) is 0 Å². The number of alkyl halides is 3. The highest BCUT2D eigenvalue weighted by molar-refractivity contribution is 5.47. The predicted molar refractivity (Wildman–Crippen MR) is 125 cm³/mol. The first kappa shape index (κ1) is 23.0. The van der Waals surface area contributed by atoms with Crippen molar-refractivity contribution in [2.45, 2.75) is 83.2 Å². The molecule has 0 spiro atoms. The van der Waals surface area contributed by atoms with E-state index in [-0.39, 0.29) is 0 Å². The van der Waals surface area contributed by atoms with E-state index in [1.165, 1.54) is 81.0 Å². The Morgan fingerprint density at radius 2 is 1.62 bits per heavy atom. The Labute approximate surface area is 190 Å². The lowest BCUT2D eigenvalue weighted by Gasteiger charge is -2.40. The van der Waals surface area contributed by atoms with Gasteiger partial charge in [0.25, 0.3) is 0 Å². The van der Waals surface area contributed by atoms with Gasteiger partial charge in [0.1, 0.15) is 0 Å². The first-order valence-electron chi connectivity index (χ1n) is 12.3. The summed E-state index contributed by atoms with van der Waals surface area (Å²) in [7, 11) is 0. The average Bonchev–Trinajstić information content (AvgIpc) is 2.80. The van der Waals surface area contributed by atoms with Crippen LogP contribution in [0.15, 0.2) is 42.5 Å². The molecule has 0 unspecified atom stereocenters. The molecule has 4 rings (SSSR count). The summed E-state index contributed by atoms with van der Waals surface area (Å²) in [5.41, 5.74) is 3.86. The van der Waals surface area contributed by atoms with E-state index >= 15 is 0 Å². The third-order valence-corrected chi connectivity index (χ3v) is 7.45. The van der Waals surface area contributed by atoms with E-state index in [2.05, 4.69) is 37.0 Å². The Bertz CT molecular complexity index is 959. The van der Waals surface area contributed by atoms with Crippen LogP contribution in [0.2, 0.25) is 0 Å². The van der Waals surface area contributed by atoms with Crippen molar-refractivity contribution in [3.05, 3.63) is 70.3 Å². The number of benzene rings is 2. The minimum atomic E-state index is -4.31. The topological polar surface area (TPSA) is 0 Å². The summed E-state index contributed by atoms with van der Waals surface area (Å²) >= 11 is 0. The second-order valence-corrected chi connectivity index (χ2v) is 9.67. The van der Waals surface area contributed by atoms with E-state index in [1.54, 1.807) is 0 Å². The third kappa shape index (κ3) is 5.58. The lowest BCUT2D eigenvalue weighted by Crippen LogP contribution is -2.28. The fourth-order valence-electron chi connectivity index (χ4n) is 5.70. The standard InChI is InChI=1S/C29H33F3/c1-2-3-4-5-6-22-11-17-27-24(19-22)13-14-25-20-23(12-18-28(25)27)8-7-21-9-15-26(16-10-21)29(30,31)32/h9-10,12,15-16,18,20,22,24,27H,2-6,11,13-14,17,19H2,1H3/t22-,24-,27+/m1/s1. The molecule has 0 radical (unpaired) electrons. The molecule has 0 aliphatic heterocycles. The molecule has 0 amide bonds. The zero-order chi connectivity index (χ0) is 22.6. The van der Waals surface area contributed by atoms with Crippen LogP contribution in [0.5, 0.6) is 0 Å². The Kier molecular flexibility index (Phi) is 7.29. The van der Waals surface area contributed by atoms with Crippen molar-refractivity contribution >= 4 is 0 Å². The highest BCUT2D eigenvalue weighted by Crippen LogP contribution is 2.48. The molecule has 3 heteroatoms. The highest BCUT2D eigenvalue weighted by Gasteiger charge is 2.35. The molecule has 0 N–H and O–H groups in total. The second-order valence-electron chi connectivity index (χ2n) is 9.67. The molecule has 2 aliphatic rings. The minimum Gasteiger partial charge on any atom is -0.166 e. The summed E-state index contributed by atoms with van der Waals surface area (Å²) in [5, 5.41) is 0. The van der Waals surface area contributed by atoms with Crippen LogP contribution >= 0.6 is 0 Å². The SMILES string of the molecule is CCCCCC[C@@H]1CC[C@@H]2c3ccc(C#Cc4ccc(C(F)(F)F)cc4)cc3CC[C@@H]2C1. The van der Waals surface area contributed by atoms with E-state index in [9.17, 15) is 13.2 Å². The number of aryl methyl sites for hydroxylation is 1. The number of hydrogen-bond donors (Lipinski definition) is 0. The summed E-state index contributed by atoms with van der Waals surface area (Å²) in [4.78, 5) is 0. The first-order chi connectivity index (χ1) is 15.4. The zero-order valence-electron chi connectivity index (χ0n) is 19.0. The monoisotopic (exact) mass is 438 g/mol. The third-order valence-electron chi connectivity index (χ3n) is 7.45. The fourth-order valence-corrected chi connectivity index (χ4v) is 5.70. The lowest BCUT2D eigenvalue weighted by atomic mass is 9.64. The Hall–Kier alpha value is -2.21. The average molecular weight is 439 g/mol. The lowest BCUT2D eigenvalue weighted by molar-refractivity contribution is -0.137. The molecule has 2 aromatic carbocycles. The van der Waals surface area contributed by atoms with E-state index in [4.69, 9.17) is 0 Å². The van der Waals surface area contributed by atoms with Gasteiger partial charge >= 0.3 is 6.18 Å². The van der Waals surface area contributed by atoms with E-state index in [0.29, 0.717) is 11.5 Å². The maximum absolute atomic E-state index is 12.7. The molecule has 2 aromatic rings. The van der Waals surface area contributed by atoms with Gasteiger partial charge in [-0.15, -0.1) is 0 Å². The Morgan fingerprint density at radius 3 is 2.38 bits per heavy atom. The molecule has 3 atom stereocenters. The number of halogens is 3. The number of rotatable bonds is 5. The molecule has 1 fully saturated rings. The van der Waals surface area contributed by atoms with Gasteiger partial charge in [-0.3, -0.25) is 0 Å². The zero-order valence-corrected chi connectivity index (χ0v) is 19.0. The molecule has 0 bridgehead atoms. The van der Waals surface area contributed by atoms with Gasteiger partial charge in [0.2, 0.25) is 0 Å². The fraction of sp³-hybridized carbons (Fsp3) is 0.517.